The van der Waals surface area contributed by atoms with Crippen LogP contribution in [0.3, 0.4) is 0 Å². The Kier molecular flexibility index (Phi) is 10.3. The van der Waals surface area contributed by atoms with Gasteiger partial charge in [0.1, 0.15) is 0 Å². The number of hydrogen-bond donors (Lipinski definition) is 2. The second kappa shape index (κ2) is 15.2. The van der Waals surface area contributed by atoms with Gasteiger partial charge in [0.05, 0.1) is 28.3 Å². The summed E-state index contributed by atoms with van der Waals surface area (Å²) in [7, 11) is 0. The van der Waals surface area contributed by atoms with Gasteiger partial charge in [-0.05, 0) is 97.1 Å². The van der Waals surface area contributed by atoms with Crippen LogP contribution in [-0.2, 0) is 12.4 Å². The van der Waals surface area contributed by atoms with Gasteiger partial charge in [-0.2, -0.15) is 36.5 Å². The lowest BCUT2D eigenvalue weighted by molar-refractivity contribution is -0.142. The number of aromatic nitrogens is 7. The summed E-state index contributed by atoms with van der Waals surface area (Å²) >= 11 is 0. The monoisotopic (exact) mass is 742 g/mol. The first-order valence-electron chi connectivity index (χ1n) is 15.6. The van der Waals surface area contributed by atoms with Crippen molar-refractivity contribution in [2.75, 3.05) is 5.32 Å². The maximum Gasteiger partial charge on any atom is 0.435 e. The molecule has 7 rings (SSSR count). The van der Waals surface area contributed by atoms with Gasteiger partial charge in [-0.1, -0.05) is 0 Å². The summed E-state index contributed by atoms with van der Waals surface area (Å²) in [6.45, 7) is 0. The number of carbonyl (C=O) groups is 2. The minimum absolute atomic E-state index is 0.0323. The molecule has 5 heterocycles. The summed E-state index contributed by atoms with van der Waals surface area (Å²) < 4.78 is 81.1. The zero-order chi connectivity index (χ0) is 38.5. The summed E-state index contributed by atoms with van der Waals surface area (Å²) in [6, 6.07) is 23.2. The van der Waals surface area contributed by atoms with Gasteiger partial charge in [-0.15, -0.1) is 0 Å². The highest BCUT2D eigenvalue weighted by Crippen LogP contribution is 2.34. The molecule has 2 N–H and O–H groups in total. The minimum atomic E-state index is -4.59. The number of amides is 1. The van der Waals surface area contributed by atoms with Crippen molar-refractivity contribution < 1.29 is 41.0 Å². The first kappa shape index (κ1) is 36.6. The van der Waals surface area contributed by atoms with E-state index in [2.05, 4.69) is 30.5 Å². The second-order valence-electron chi connectivity index (χ2n) is 11.2. The molecule has 0 saturated carbocycles. The number of rotatable bonds is 7. The van der Waals surface area contributed by atoms with Gasteiger partial charge in [0.15, 0.2) is 11.4 Å². The fraction of sp³-hybridized carbons (Fsp3) is 0.0541. The molecule has 54 heavy (non-hydrogen) atoms. The Labute approximate surface area is 301 Å². The molecule has 0 radical (unpaired) electrons. The molecule has 0 bridgehead atoms. The highest BCUT2D eigenvalue weighted by atomic mass is 19.4. The number of carboxylic acid groups (broad SMARTS) is 1. The Morgan fingerprint density at radius 1 is 0.574 bits per heavy atom. The Bertz CT molecular complexity index is 2360. The van der Waals surface area contributed by atoms with Crippen molar-refractivity contribution in [2.45, 2.75) is 12.4 Å². The summed E-state index contributed by atoms with van der Waals surface area (Å²) in [5, 5.41) is 19.0. The summed E-state index contributed by atoms with van der Waals surface area (Å²) in [5.74, 6) is -1.47. The number of carboxylic acids is 1. The van der Waals surface area contributed by atoms with Crippen molar-refractivity contribution in [1.29, 1.82) is 0 Å². The van der Waals surface area contributed by atoms with Gasteiger partial charge in [0, 0.05) is 59.6 Å². The molecule has 0 aliphatic rings. The van der Waals surface area contributed by atoms with Crippen LogP contribution < -0.4 is 5.32 Å². The molecule has 0 aliphatic heterocycles. The number of aromatic carboxylic acids is 1. The third kappa shape index (κ3) is 8.47. The van der Waals surface area contributed by atoms with E-state index in [1.54, 1.807) is 48.8 Å². The smallest absolute Gasteiger partial charge is 0.435 e. The molecule has 1 amide bonds. The van der Waals surface area contributed by atoms with E-state index in [1.807, 2.05) is 0 Å². The summed E-state index contributed by atoms with van der Waals surface area (Å²) in [5.41, 5.74) is 1.00. The highest BCUT2D eigenvalue weighted by molar-refractivity contribution is 6.04. The van der Waals surface area contributed by atoms with Crippen molar-refractivity contribution in [3.05, 3.63) is 157 Å². The largest absolute Gasteiger partial charge is 0.478 e. The lowest BCUT2D eigenvalue weighted by Gasteiger charge is -2.09. The number of pyridine rings is 3. The van der Waals surface area contributed by atoms with E-state index < -0.39 is 29.7 Å². The number of alkyl halides is 6. The quantitative estimate of drug-likeness (QED) is 0.156. The van der Waals surface area contributed by atoms with Crippen molar-refractivity contribution in [1.82, 2.24) is 34.5 Å². The average Bonchev–Trinajstić information content (AvgIpc) is 3.84. The van der Waals surface area contributed by atoms with E-state index >= 15 is 0 Å². The van der Waals surface area contributed by atoms with Crippen LogP contribution in [-0.4, -0.2) is 51.5 Å². The fourth-order valence-electron chi connectivity index (χ4n) is 5.01. The number of nitrogens with one attached hydrogen (secondary N) is 1. The normalized spacial score (nSPS) is 11.4. The second-order valence-corrected chi connectivity index (χ2v) is 11.2. The Morgan fingerprint density at radius 3 is 1.41 bits per heavy atom. The van der Waals surface area contributed by atoms with Gasteiger partial charge in [0.2, 0.25) is 0 Å². The van der Waals surface area contributed by atoms with Crippen LogP contribution in [0.4, 0.5) is 32.0 Å². The maximum absolute atomic E-state index is 13.2. The maximum atomic E-state index is 13.2. The van der Waals surface area contributed by atoms with E-state index in [1.165, 1.54) is 78.0 Å². The van der Waals surface area contributed by atoms with Crippen LogP contribution in [0.1, 0.15) is 32.1 Å². The van der Waals surface area contributed by atoms with Gasteiger partial charge < -0.3 is 10.4 Å². The van der Waals surface area contributed by atoms with E-state index in [0.717, 1.165) is 16.8 Å². The predicted molar refractivity (Wildman–Crippen MR) is 183 cm³/mol. The zero-order valence-corrected chi connectivity index (χ0v) is 27.4. The standard InChI is InChI=1S/C21H14F3N5O.C16H10F3N3O2/c22-21(23,24)19-12-18(15-2-1-9-26-13-15)29(28-19)17-5-3-14(4-6-17)20(30)27-16-7-10-25-11-8-16;17-16(18,19)14-8-13(11-2-1-7-20-9-11)22(21-14)12-5-3-10(4-6-12)15(23)24/h1-13H,(H,25,27,30);1-9H,(H,23,24). The Balaban J connectivity index is 0.000000189. The molecule has 272 valence electrons. The minimum Gasteiger partial charge on any atom is -0.478 e. The molecule has 17 heteroatoms. The lowest BCUT2D eigenvalue weighted by atomic mass is 10.1. The van der Waals surface area contributed by atoms with Crippen molar-refractivity contribution in [3.8, 4) is 33.9 Å². The van der Waals surface area contributed by atoms with E-state index in [9.17, 15) is 35.9 Å². The van der Waals surface area contributed by atoms with Gasteiger partial charge in [-0.25, -0.2) is 14.2 Å². The molecule has 0 aliphatic carbocycles. The molecular weight excluding hydrogens is 718 g/mol. The third-order valence-electron chi connectivity index (χ3n) is 7.59. The molecule has 0 spiro atoms. The molecule has 11 nitrogen and oxygen atoms in total. The molecule has 0 saturated heterocycles. The Morgan fingerprint density at radius 2 is 1.02 bits per heavy atom. The molecule has 0 atom stereocenters. The third-order valence-corrected chi connectivity index (χ3v) is 7.59. The molecule has 0 fully saturated rings. The molecular formula is C37H24F6N8O3. The summed E-state index contributed by atoms with van der Waals surface area (Å²) in [4.78, 5) is 35.0. The molecule has 2 aromatic carbocycles. The Hall–Kier alpha value is -7.17. The number of nitrogens with zero attached hydrogens (tertiary/aromatic N) is 7. The van der Waals surface area contributed by atoms with Crippen LogP contribution in [0.25, 0.3) is 33.9 Å². The fourth-order valence-corrected chi connectivity index (χ4v) is 5.01. The van der Waals surface area contributed by atoms with Gasteiger partial charge in [0.25, 0.3) is 5.91 Å². The average molecular weight is 743 g/mol. The molecule has 5 aromatic heterocycles. The first-order valence-corrected chi connectivity index (χ1v) is 15.6. The highest BCUT2D eigenvalue weighted by Gasteiger charge is 2.36. The van der Waals surface area contributed by atoms with E-state index in [0.29, 0.717) is 33.8 Å². The van der Waals surface area contributed by atoms with Crippen LogP contribution in [0.15, 0.2) is 134 Å². The number of anilines is 1. The van der Waals surface area contributed by atoms with Crippen molar-refractivity contribution in [2.24, 2.45) is 0 Å². The first-order chi connectivity index (χ1) is 25.8. The number of benzene rings is 2. The topological polar surface area (TPSA) is 141 Å². The molecule has 0 unspecified atom stereocenters. The summed E-state index contributed by atoms with van der Waals surface area (Å²) in [6.07, 6.45) is -0.149. The number of carbonyl (C=O) groups excluding carboxylic acids is 1. The van der Waals surface area contributed by atoms with E-state index in [-0.39, 0.29) is 22.9 Å². The van der Waals surface area contributed by atoms with Crippen LogP contribution in [0, 0.1) is 0 Å². The van der Waals surface area contributed by atoms with Crippen LogP contribution in [0.2, 0.25) is 0 Å². The van der Waals surface area contributed by atoms with Crippen molar-refractivity contribution in [3.63, 3.8) is 0 Å². The van der Waals surface area contributed by atoms with Crippen molar-refractivity contribution >= 4 is 17.6 Å². The van der Waals surface area contributed by atoms with Crippen LogP contribution in [0.5, 0.6) is 0 Å². The van der Waals surface area contributed by atoms with Gasteiger partial charge >= 0.3 is 18.3 Å². The van der Waals surface area contributed by atoms with Crippen LogP contribution >= 0.6 is 0 Å². The SMILES string of the molecule is O=C(Nc1ccncc1)c1ccc(-n2nc(C(F)(F)F)cc2-c2cccnc2)cc1.O=C(O)c1ccc(-n2nc(C(F)(F)F)cc2-c2cccnc2)cc1. The molecule has 7 aromatic rings. The van der Waals surface area contributed by atoms with E-state index in [4.69, 9.17) is 5.11 Å². The number of halogens is 6. The predicted octanol–water partition coefficient (Wildman–Crippen LogP) is 8.25. The van der Waals surface area contributed by atoms with Gasteiger partial charge in [-0.3, -0.25) is 19.7 Å². The lowest BCUT2D eigenvalue weighted by Crippen LogP contribution is -2.12. The zero-order valence-electron chi connectivity index (χ0n) is 27.4. The number of hydrogen-bond acceptors (Lipinski definition) is 7.